The van der Waals surface area contributed by atoms with E-state index in [4.69, 9.17) is 4.74 Å². The van der Waals surface area contributed by atoms with Crippen LogP contribution in [0.3, 0.4) is 0 Å². The van der Waals surface area contributed by atoms with E-state index in [1.165, 1.54) is 38.5 Å². The van der Waals surface area contributed by atoms with Gasteiger partial charge in [-0.1, -0.05) is 32.1 Å². The molecule has 3 nitrogen and oxygen atoms in total. The van der Waals surface area contributed by atoms with Crippen LogP contribution in [0.1, 0.15) is 51.4 Å². The minimum atomic E-state index is 0.117. The molecule has 3 heteroatoms. The van der Waals surface area contributed by atoms with Gasteiger partial charge in [-0.2, -0.15) is 0 Å². The number of anilines is 1. The fourth-order valence-electron chi connectivity index (χ4n) is 2.92. The topological polar surface area (TPSA) is 38.3 Å². The second-order valence-corrected chi connectivity index (χ2v) is 5.67. The molecule has 0 aromatic heterocycles. The highest BCUT2D eigenvalue weighted by molar-refractivity contribution is 5.90. The molecule has 110 valence electrons. The van der Waals surface area contributed by atoms with E-state index in [0.717, 1.165) is 23.8 Å². The Morgan fingerprint density at radius 1 is 1.20 bits per heavy atom. The number of amides is 1. The van der Waals surface area contributed by atoms with Gasteiger partial charge in [-0.25, -0.2) is 0 Å². The maximum absolute atomic E-state index is 11.9. The molecule has 0 bridgehead atoms. The fraction of sp³-hybridized carbons (Fsp3) is 0.588. The molecule has 1 aliphatic carbocycles. The van der Waals surface area contributed by atoms with Crippen molar-refractivity contribution in [1.82, 2.24) is 0 Å². The number of ether oxygens (including phenoxy) is 1. The molecule has 0 atom stereocenters. The highest BCUT2D eigenvalue weighted by Crippen LogP contribution is 2.27. The third kappa shape index (κ3) is 4.87. The summed E-state index contributed by atoms with van der Waals surface area (Å²) in [7, 11) is 1.64. The van der Waals surface area contributed by atoms with Crippen LogP contribution >= 0.6 is 0 Å². The van der Waals surface area contributed by atoms with Crippen molar-refractivity contribution in [1.29, 1.82) is 0 Å². The van der Waals surface area contributed by atoms with Crippen molar-refractivity contribution >= 4 is 11.6 Å². The SMILES string of the molecule is COc1ccc(NC(=O)CCCC2CCCCC2)cc1. The van der Waals surface area contributed by atoms with Gasteiger partial charge in [0.2, 0.25) is 5.91 Å². The Morgan fingerprint density at radius 3 is 2.55 bits per heavy atom. The van der Waals surface area contributed by atoms with Crippen LogP contribution in [-0.4, -0.2) is 13.0 Å². The van der Waals surface area contributed by atoms with Crippen molar-refractivity contribution < 1.29 is 9.53 Å². The number of nitrogens with one attached hydrogen (secondary N) is 1. The number of methoxy groups -OCH3 is 1. The van der Waals surface area contributed by atoms with E-state index in [-0.39, 0.29) is 5.91 Å². The van der Waals surface area contributed by atoms with Gasteiger partial charge in [0.05, 0.1) is 7.11 Å². The molecule has 0 unspecified atom stereocenters. The third-order valence-corrected chi connectivity index (χ3v) is 4.11. The first-order valence-corrected chi connectivity index (χ1v) is 7.72. The van der Waals surface area contributed by atoms with Crippen LogP contribution in [0, 0.1) is 5.92 Å². The van der Waals surface area contributed by atoms with Crippen LogP contribution in [0.5, 0.6) is 5.75 Å². The van der Waals surface area contributed by atoms with E-state index in [1.54, 1.807) is 7.11 Å². The van der Waals surface area contributed by atoms with Gasteiger partial charge in [-0.15, -0.1) is 0 Å². The van der Waals surface area contributed by atoms with Crippen LogP contribution in [0.4, 0.5) is 5.69 Å². The van der Waals surface area contributed by atoms with Crippen LogP contribution in [-0.2, 0) is 4.79 Å². The zero-order chi connectivity index (χ0) is 14.2. The van der Waals surface area contributed by atoms with Crippen molar-refractivity contribution in [3.63, 3.8) is 0 Å². The monoisotopic (exact) mass is 275 g/mol. The van der Waals surface area contributed by atoms with Gasteiger partial charge in [-0.05, 0) is 43.0 Å². The summed E-state index contributed by atoms with van der Waals surface area (Å²) in [5.41, 5.74) is 0.841. The lowest BCUT2D eigenvalue weighted by molar-refractivity contribution is -0.116. The van der Waals surface area contributed by atoms with Crippen molar-refractivity contribution in [3.05, 3.63) is 24.3 Å². The van der Waals surface area contributed by atoms with Gasteiger partial charge in [-0.3, -0.25) is 4.79 Å². The first-order chi connectivity index (χ1) is 9.78. The molecule has 1 aliphatic rings. The predicted octanol–water partition coefficient (Wildman–Crippen LogP) is 4.38. The van der Waals surface area contributed by atoms with Crippen LogP contribution in [0.25, 0.3) is 0 Å². The highest BCUT2D eigenvalue weighted by Gasteiger charge is 2.13. The van der Waals surface area contributed by atoms with Crippen molar-refractivity contribution in [2.45, 2.75) is 51.4 Å². The Labute approximate surface area is 121 Å². The van der Waals surface area contributed by atoms with Gasteiger partial charge in [0.1, 0.15) is 5.75 Å². The summed E-state index contributed by atoms with van der Waals surface area (Å²) in [5, 5.41) is 2.94. The molecule has 1 amide bonds. The van der Waals surface area contributed by atoms with Gasteiger partial charge in [0, 0.05) is 12.1 Å². The minimum Gasteiger partial charge on any atom is -0.497 e. The standard InChI is InChI=1S/C17H25NO2/c1-20-16-12-10-15(11-13-16)18-17(19)9-5-8-14-6-3-2-4-7-14/h10-14H,2-9H2,1H3,(H,18,19). The molecular formula is C17H25NO2. The summed E-state index contributed by atoms with van der Waals surface area (Å²) in [4.78, 5) is 11.9. The summed E-state index contributed by atoms with van der Waals surface area (Å²) in [6.45, 7) is 0. The van der Waals surface area contributed by atoms with Crippen molar-refractivity contribution in [2.75, 3.05) is 12.4 Å². The Balaban J connectivity index is 1.66. The lowest BCUT2D eigenvalue weighted by Crippen LogP contribution is -2.12. The van der Waals surface area contributed by atoms with Gasteiger partial charge < -0.3 is 10.1 Å². The molecule has 1 fully saturated rings. The summed E-state index contributed by atoms with van der Waals surface area (Å²) in [6.07, 6.45) is 9.71. The predicted molar refractivity (Wildman–Crippen MR) is 82.0 cm³/mol. The van der Waals surface area contributed by atoms with Crippen LogP contribution in [0.15, 0.2) is 24.3 Å². The third-order valence-electron chi connectivity index (χ3n) is 4.11. The number of benzene rings is 1. The van der Waals surface area contributed by atoms with Gasteiger partial charge >= 0.3 is 0 Å². The van der Waals surface area contributed by atoms with E-state index in [1.807, 2.05) is 24.3 Å². The van der Waals surface area contributed by atoms with Gasteiger partial charge in [0.25, 0.3) is 0 Å². The molecule has 0 heterocycles. The van der Waals surface area contributed by atoms with Crippen molar-refractivity contribution in [2.24, 2.45) is 5.92 Å². The number of hydrogen-bond donors (Lipinski definition) is 1. The number of hydrogen-bond acceptors (Lipinski definition) is 2. The molecule has 1 N–H and O–H groups in total. The second-order valence-electron chi connectivity index (χ2n) is 5.67. The molecule has 0 aliphatic heterocycles. The first kappa shape index (κ1) is 14.9. The van der Waals surface area contributed by atoms with Crippen molar-refractivity contribution in [3.8, 4) is 5.75 Å². The van der Waals surface area contributed by atoms with E-state index < -0.39 is 0 Å². The average Bonchev–Trinajstić information content (AvgIpc) is 2.49. The van der Waals surface area contributed by atoms with E-state index >= 15 is 0 Å². The zero-order valence-electron chi connectivity index (χ0n) is 12.4. The Hall–Kier alpha value is -1.51. The smallest absolute Gasteiger partial charge is 0.224 e. The molecule has 0 spiro atoms. The Kier molecular flexibility index (Phi) is 5.90. The molecule has 20 heavy (non-hydrogen) atoms. The molecule has 1 aromatic rings. The van der Waals surface area contributed by atoms with E-state index in [2.05, 4.69) is 5.32 Å². The maximum Gasteiger partial charge on any atom is 0.224 e. The summed E-state index contributed by atoms with van der Waals surface area (Å²) in [6, 6.07) is 7.46. The Bertz CT molecular complexity index is 408. The quantitative estimate of drug-likeness (QED) is 0.836. The number of rotatable bonds is 6. The molecule has 1 saturated carbocycles. The fourth-order valence-corrected chi connectivity index (χ4v) is 2.92. The number of carbonyl (C=O) groups is 1. The minimum absolute atomic E-state index is 0.117. The largest absolute Gasteiger partial charge is 0.497 e. The summed E-state index contributed by atoms with van der Waals surface area (Å²) >= 11 is 0. The summed E-state index contributed by atoms with van der Waals surface area (Å²) in [5.74, 6) is 1.78. The lowest BCUT2D eigenvalue weighted by atomic mass is 9.86. The number of carbonyl (C=O) groups excluding carboxylic acids is 1. The molecule has 2 rings (SSSR count). The molecule has 1 aromatic carbocycles. The zero-order valence-corrected chi connectivity index (χ0v) is 12.4. The van der Waals surface area contributed by atoms with E-state index in [9.17, 15) is 4.79 Å². The lowest BCUT2D eigenvalue weighted by Gasteiger charge is -2.21. The second kappa shape index (κ2) is 7.93. The maximum atomic E-state index is 11.9. The molecular weight excluding hydrogens is 250 g/mol. The normalized spacial score (nSPS) is 15.8. The average molecular weight is 275 g/mol. The first-order valence-electron chi connectivity index (χ1n) is 7.72. The van der Waals surface area contributed by atoms with Crippen LogP contribution < -0.4 is 10.1 Å². The highest BCUT2D eigenvalue weighted by atomic mass is 16.5. The van der Waals surface area contributed by atoms with Crippen LogP contribution in [0.2, 0.25) is 0 Å². The molecule has 0 saturated heterocycles. The molecule has 0 radical (unpaired) electrons. The Morgan fingerprint density at radius 2 is 1.90 bits per heavy atom. The summed E-state index contributed by atoms with van der Waals surface area (Å²) < 4.78 is 5.09. The van der Waals surface area contributed by atoms with E-state index in [0.29, 0.717) is 6.42 Å². The van der Waals surface area contributed by atoms with Gasteiger partial charge in [0.15, 0.2) is 0 Å².